The minimum Gasteiger partial charge on any atom is -0.351 e. The van der Waals surface area contributed by atoms with Gasteiger partial charge in [-0.3, -0.25) is 19.2 Å². The third-order valence-corrected chi connectivity index (χ3v) is 9.85. The molecule has 2 atom stereocenters. The smallest absolute Gasteiger partial charge is 0.271 e. The molecule has 4 bridgehead atoms. The van der Waals surface area contributed by atoms with E-state index in [0.717, 1.165) is 18.4 Å². The largest absolute Gasteiger partial charge is 0.351 e. The van der Waals surface area contributed by atoms with Gasteiger partial charge in [-0.2, -0.15) is 0 Å². The molecule has 5 rings (SSSR count). The zero-order valence-electron chi connectivity index (χ0n) is 26.4. The van der Waals surface area contributed by atoms with Gasteiger partial charge >= 0.3 is 0 Å². The predicted octanol–water partition coefficient (Wildman–Crippen LogP) is 4.01. The Labute approximate surface area is 278 Å². The first-order valence-electron chi connectivity index (χ1n) is 16.1. The predicted molar refractivity (Wildman–Crippen MR) is 179 cm³/mol. The number of fused-ring (bicyclic) bond motifs is 4. The Bertz CT molecular complexity index is 1490. The second kappa shape index (κ2) is 16.2. The van der Waals surface area contributed by atoms with E-state index < -0.39 is 6.04 Å². The van der Waals surface area contributed by atoms with Crippen molar-refractivity contribution in [3.05, 3.63) is 68.1 Å². The van der Waals surface area contributed by atoms with Crippen molar-refractivity contribution in [2.75, 3.05) is 26.2 Å². The second-order valence-electron chi connectivity index (χ2n) is 12.4. The number of nitrogens with one attached hydrogen (secondary N) is 4. The normalized spacial score (nSPS) is 20.4. The first-order valence-corrected chi connectivity index (χ1v) is 17.9. The van der Waals surface area contributed by atoms with Crippen LogP contribution in [-0.2, 0) is 16.0 Å². The van der Waals surface area contributed by atoms with Crippen molar-refractivity contribution in [1.82, 2.24) is 36.1 Å². The molecule has 0 radical (unpaired) electrons. The van der Waals surface area contributed by atoms with Gasteiger partial charge in [0.25, 0.3) is 11.8 Å². The minimum atomic E-state index is -0.476. The second-order valence-corrected chi connectivity index (χ2v) is 14.1. The minimum absolute atomic E-state index is 0.00389. The molecule has 1 unspecified atom stereocenters. The molecular weight excluding hydrogens is 623 g/mol. The summed E-state index contributed by atoms with van der Waals surface area (Å²) in [7, 11) is 0. The van der Waals surface area contributed by atoms with Crippen molar-refractivity contribution in [2.24, 2.45) is 5.92 Å². The van der Waals surface area contributed by atoms with Crippen LogP contribution < -0.4 is 21.3 Å². The number of amides is 4. The first-order chi connectivity index (χ1) is 22.2. The molecule has 4 N–H and O–H groups in total. The SMILES string of the molecule is CC(C)CC1NC(=O)CCCN(C(=O)CNC2CC2)CCCNC(=O)c2csc(n2)[C@H](Cc2ccccc2)NC(=O)c2csc1n2. The van der Waals surface area contributed by atoms with E-state index in [0.29, 0.717) is 67.3 Å². The van der Waals surface area contributed by atoms with Crippen LogP contribution in [0.5, 0.6) is 0 Å². The Morgan fingerprint density at radius 1 is 0.935 bits per heavy atom. The molecule has 3 aromatic rings. The third kappa shape index (κ3) is 9.91. The van der Waals surface area contributed by atoms with Gasteiger partial charge in [-0.05, 0) is 50.0 Å². The number of nitrogens with zero attached hydrogens (tertiary/aromatic N) is 3. The van der Waals surface area contributed by atoms with E-state index in [2.05, 4.69) is 45.1 Å². The molecule has 46 heavy (non-hydrogen) atoms. The maximum absolute atomic E-state index is 13.5. The summed E-state index contributed by atoms with van der Waals surface area (Å²) < 4.78 is 0. The van der Waals surface area contributed by atoms with E-state index in [9.17, 15) is 19.2 Å². The van der Waals surface area contributed by atoms with Gasteiger partial charge in [-0.15, -0.1) is 22.7 Å². The van der Waals surface area contributed by atoms with Crippen molar-refractivity contribution in [3.63, 3.8) is 0 Å². The summed E-state index contributed by atoms with van der Waals surface area (Å²) >= 11 is 2.68. The molecule has 3 heterocycles. The number of thiazole rings is 2. The van der Waals surface area contributed by atoms with Crippen molar-refractivity contribution >= 4 is 46.3 Å². The van der Waals surface area contributed by atoms with Crippen LogP contribution in [-0.4, -0.2) is 70.7 Å². The first kappa shape index (κ1) is 33.7. The monoisotopic (exact) mass is 665 g/mol. The van der Waals surface area contributed by atoms with Crippen molar-refractivity contribution in [2.45, 2.75) is 76.9 Å². The highest BCUT2D eigenvalue weighted by molar-refractivity contribution is 7.10. The van der Waals surface area contributed by atoms with Crippen LogP contribution in [0.3, 0.4) is 0 Å². The summed E-state index contributed by atoms with van der Waals surface area (Å²) in [5, 5.41) is 17.2. The topological polar surface area (TPSA) is 145 Å². The highest BCUT2D eigenvalue weighted by atomic mass is 32.1. The number of aromatic nitrogens is 2. The zero-order chi connectivity index (χ0) is 32.5. The van der Waals surface area contributed by atoms with Gasteiger partial charge in [0.2, 0.25) is 11.8 Å². The summed E-state index contributed by atoms with van der Waals surface area (Å²) in [5.41, 5.74) is 1.58. The van der Waals surface area contributed by atoms with Gasteiger partial charge in [-0.1, -0.05) is 44.2 Å². The van der Waals surface area contributed by atoms with E-state index >= 15 is 0 Å². The van der Waals surface area contributed by atoms with Crippen LogP contribution in [0.2, 0.25) is 0 Å². The average molecular weight is 666 g/mol. The van der Waals surface area contributed by atoms with E-state index in [4.69, 9.17) is 0 Å². The number of carbonyl (C=O) groups excluding carboxylic acids is 4. The number of hydrogen-bond acceptors (Lipinski definition) is 9. The van der Waals surface area contributed by atoms with Gasteiger partial charge in [0, 0.05) is 42.9 Å². The van der Waals surface area contributed by atoms with Crippen LogP contribution in [0.1, 0.15) is 101 Å². The van der Waals surface area contributed by atoms with Crippen LogP contribution >= 0.6 is 22.7 Å². The maximum atomic E-state index is 13.5. The highest BCUT2D eigenvalue weighted by Crippen LogP contribution is 2.27. The van der Waals surface area contributed by atoms with E-state index in [1.807, 2.05) is 30.3 Å². The molecule has 0 spiro atoms. The number of hydrogen-bond donors (Lipinski definition) is 4. The van der Waals surface area contributed by atoms with Gasteiger partial charge < -0.3 is 26.2 Å². The van der Waals surface area contributed by atoms with E-state index in [1.54, 1.807) is 15.7 Å². The Balaban J connectivity index is 1.37. The lowest BCUT2D eigenvalue weighted by atomic mass is 10.0. The van der Waals surface area contributed by atoms with Crippen LogP contribution in [0.4, 0.5) is 0 Å². The Morgan fingerprint density at radius 3 is 2.30 bits per heavy atom. The summed E-state index contributed by atoms with van der Waals surface area (Å²) in [6, 6.07) is 9.42. The quantitative estimate of drug-likeness (QED) is 0.299. The fraction of sp³-hybridized carbons (Fsp3) is 0.515. The molecule has 13 heteroatoms. The number of rotatable bonds is 7. The Kier molecular flexibility index (Phi) is 11.9. The van der Waals surface area contributed by atoms with Crippen LogP contribution in [0.15, 0.2) is 41.1 Å². The third-order valence-electron chi connectivity index (χ3n) is 7.93. The lowest BCUT2D eigenvalue weighted by Crippen LogP contribution is -2.41. The van der Waals surface area contributed by atoms with Crippen LogP contribution in [0.25, 0.3) is 0 Å². The molecule has 2 aromatic heterocycles. The fourth-order valence-electron chi connectivity index (χ4n) is 5.33. The number of benzene rings is 1. The van der Waals surface area contributed by atoms with Gasteiger partial charge in [0.05, 0.1) is 18.6 Å². The van der Waals surface area contributed by atoms with Crippen LogP contribution in [0, 0.1) is 5.92 Å². The van der Waals surface area contributed by atoms with Gasteiger partial charge in [-0.25, -0.2) is 9.97 Å². The molecule has 0 saturated heterocycles. The lowest BCUT2D eigenvalue weighted by molar-refractivity contribution is -0.131. The maximum Gasteiger partial charge on any atom is 0.271 e. The van der Waals surface area contributed by atoms with Crippen molar-refractivity contribution in [3.8, 4) is 0 Å². The summed E-state index contributed by atoms with van der Waals surface area (Å²) in [6.45, 7) is 5.73. The molecule has 2 aliphatic rings. The molecule has 246 valence electrons. The van der Waals surface area contributed by atoms with Crippen molar-refractivity contribution in [1.29, 1.82) is 0 Å². The number of carbonyl (C=O) groups is 4. The van der Waals surface area contributed by atoms with Crippen molar-refractivity contribution < 1.29 is 19.2 Å². The summed E-state index contributed by atoms with van der Waals surface area (Å²) in [4.78, 5) is 63.7. The molecular formula is C33H43N7O4S2. The molecule has 4 amide bonds. The zero-order valence-corrected chi connectivity index (χ0v) is 28.1. The Hall–Kier alpha value is -3.68. The fourth-order valence-corrected chi connectivity index (χ4v) is 7.04. The van der Waals surface area contributed by atoms with E-state index in [1.165, 1.54) is 22.7 Å². The molecule has 1 aliphatic carbocycles. The average Bonchev–Trinajstić information content (AvgIpc) is 3.49. The summed E-state index contributed by atoms with van der Waals surface area (Å²) in [6.07, 6.45) is 4.69. The highest BCUT2D eigenvalue weighted by Gasteiger charge is 2.26. The van der Waals surface area contributed by atoms with Gasteiger partial charge in [0.15, 0.2) is 0 Å². The standard InChI is InChI=1S/C33H43N7O4S2/c1-21(2)16-24-32-39-27(20-46-32)31(44)37-25(17-22-8-4-3-5-9-22)33-38-26(19-45-33)30(43)34-13-7-15-40(14-6-10-28(41)36-24)29(42)18-35-23-11-12-23/h3-5,8-9,19-21,23-25,35H,6-7,10-18H2,1-2H3,(H,34,43)(H,36,41)(H,37,44)/t24?,25-/m0/s1. The van der Waals surface area contributed by atoms with E-state index in [-0.39, 0.29) is 54.0 Å². The lowest BCUT2D eigenvalue weighted by Gasteiger charge is -2.23. The van der Waals surface area contributed by atoms with Gasteiger partial charge in [0.1, 0.15) is 21.4 Å². The molecule has 11 nitrogen and oxygen atoms in total. The molecule has 1 fully saturated rings. The Morgan fingerprint density at radius 2 is 1.61 bits per heavy atom. The molecule has 1 aliphatic heterocycles. The molecule has 1 aromatic carbocycles. The summed E-state index contributed by atoms with van der Waals surface area (Å²) in [5.74, 6) is -0.472. The molecule has 1 saturated carbocycles.